The molecule has 0 atom stereocenters. The molecule has 4 heterocycles. The van der Waals surface area contributed by atoms with Crippen molar-refractivity contribution in [3.63, 3.8) is 0 Å². The molecule has 4 aromatic heterocycles. The molecule has 0 saturated carbocycles. The largest absolute Gasteiger partial charge is 0.334 e. The number of fused-ring (bicyclic) bond motifs is 6. The molecule has 0 aliphatic carbocycles. The number of hydrogen-bond acceptors (Lipinski definition) is 4. The normalized spacial score (nSPS) is 11.8. The van der Waals surface area contributed by atoms with E-state index < -0.39 is 0 Å². The van der Waals surface area contributed by atoms with Gasteiger partial charge in [0, 0.05) is 71.2 Å². The van der Waals surface area contributed by atoms with Gasteiger partial charge in [0.25, 0.3) is 0 Å². The maximum absolute atomic E-state index is 13.6. The Balaban J connectivity index is 0.947. The SMILES string of the molecule is Fc1ccc(Cn2c3ccccc3c3ccnc(CNCCCNCc4nccc5c6ccccc6n(Cc6ccc(F)cc6)c45)c32)cc1. The maximum Gasteiger partial charge on any atom is 0.123 e. The highest BCUT2D eigenvalue weighted by molar-refractivity contribution is 6.09. The number of para-hydroxylation sites is 2. The maximum atomic E-state index is 13.6. The van der Waals surface area contributed by atoms with E-state index in [1.807, 2.05) is 36.7 Å². The summed E-state index contributed by atoms with van der Waals surface area (Å²) in [7, 11) is 0. The van der Waals surface area contributed by atoms with Gasteiger partial charge in [-0.05, 0) is 79.2 Å². The van der Waals surface area contributed by atoms with Crippen molar-refractivity contribution in [2.75, 3.05) is 13.1 Å². The van der Waals surface area contributed by atoms with E-state index in [1.54, 1.807) is 0 Å². The Hall–Kier alpha value is -5.44. The molecule has 0 aliphatic rings. The van der Waals surface area contributed by atoms with Crippen molar-refractivity contribution in [3.05, 3.63) is 156 Å². The van der Waals surface area contributed by atoms with E-state index in [0.717, 1.165) is 64.1 Å². The zero-order valence-electron chi connectivity index (χ0n) is 27.0. The summed E-state index contributed by atoms with van der Waals surface area (Å²) >= 11 is 0. The highest BCUT2D eigenvalue weighted by Gasteiger charge is 2.17. The third-order valence-corrected chi connectivity index (χ3v) is 9.31. The number of nitrogens with one attached hydrogen (secondary N) is 2. The Labute approximate surface area is 283 Å². The Morgan fingerprint density at radius 3 is 1.37 bits per heavy atom. The van der Waals surface area contributed by atoms with Crippen LogP contribution in [0.3, 0.4) is 0 Å². The van der Waals surface area contributed by atoms with E-state index in [-0.39, 0.29) is 11.6 Å². The quantitative estimate of drug-likeness (QED) is 0.131. The number of nitrogens with zero attached hydrogens (tertiary/aromatic N) is 4. The first-order valence-electron chi connectivity index (χ1n) is 16.7. The van der Waals surface area contributed by atoms with Gasteiger partial charge in [0.2, 0.25) is 0 Å². The van der Waals surface area contributed by atoms with Crippen LogP contribution in [0.1, 0.15) is 28.9 Å². The first kappa shape index (κ1) is 30.9. The first-order chi connectivity index (χ1) is 24.1. The zero-order chi connectivity index (χ0) is 33.2. The average Bonchev–Trinajstić information content (AvgIpc) is 3.63. The highest BCUT2D eigenvalue weighted by Crippen LogP contribution is 2.32. The molecule has 0 amide bonds. The van der Waals surface area contributed by atoms with Crippen molar-refractivity contribution in [3.8, 4) is 0 Å². The van der Waals surface area contributed by atoms with E-state index >= 15 is 0 Å². The molecule has 8 heteroatoms. The van der Waals surface area contributed by atoms with Crippen LogP contribution in [-0.2, 0) is 26.2 Å². The lowest BCUT2D eigenvalue weighted by Crippen LogP contribution is -2.22. The van der Waals surface area contributed by atoms with Gasteiger partial charge in [-0.25, -0.2) is 8.78 Å². The fourth-order valence-electron chi connectivity index (χ4n) is 7.03. The van der Waals surface area contributed by atoms with E-state index in [1.165, 1.54) is 45.8 Å². The molecule has 0 radical (unpaired) electrons. The van der Waals surface area contributed by atoms with Gasteiger partial charge >= 0.3 is 0 Å². The van der Waals surface area contributed by atoms with Crippen molar-refractivity contribution in [1.29, 1.82) is 0 Å². The predicted molar refractivity (Wildman–Crippen MR) is 194 cm³/mol. The minimum atomic E-state index is -0.231. The van der Waals surface area contributed by atoms with Gasteiger partial charge in [-0.1, -0.05) is 60.7 Å². The first-order valence-corrected chi connectivity index (χ1v) is 16.7. The van der Waals surface area contributed by atoms with Crippen molar-refractivity contribution < 1.29 is 8.78 Å². The minimum absolute atomic E-state index is 0.231. The summed E-state index contributed by atoms with van der Waals surface area (Å²) in [6, 6.07) is 34.4. The van der Waals surface area contributed by atoms with Crippen LogP contribution < -0.4 is 10.6 Å². The molecule has 0 spiro atoms. The van der Waals surface area contributed by atoms with Gasteiger partial charge in [-0.2, -0.15) is 0 Å². The van der Waals surface area contributed by atoms with E-state index in [9.17, 15) is 8.78 Å². The number of aromatic nitrogens is 4. The van der Waals surface area contributed by atoms with Crippen molar-refractivity contribution in [1.82, 2.24) is 29.7 Å². The number of pyridine rings is 2. The van der Waals surface area contributed by atoms with Crippen LogP contribution in [0.15, 0.2) is 122 Å². The van der Waals surface area contributed by atoms with Crippen molar-refractivity contribution in [2.24, 2.45) is 0 Å². The lowest BCUT2D eigenvalue weighted by atomic mass is 10.1. The summed E-state index contributed by atoms with van der Waals surface area (Å²) in [4.78, 5) is 9.59. The molecule has 0 saturated heterocycles. The molecule has 2 N–H and O–H groups in total. The number of halogens is 2. The van der Waals surface area contributed by atoms with Gasteiger partial charge in [0.05, 0.1) is 22.4 Å². The topological polar surface area (TPSA) is 59.7 Å². The Morgan fingerprint density at radius 2 is 0.918 bits per heavy atom. The predicted octanol–water partition coefficient (Wildman–Crippen LogP) is 8.34. The molecule has 8 rings (SSSR count). The van der Waals surface area contributed by atoms with Crippen LogP contribution in [0.5, 0.6) is 0 Å². The third-order valence-electron chi connectivity index (χ3n) is 9.31. The van der Waals surface area contributed by atoms with Crippen LogP contribution in [-0.4, -0.2) is 32.2 Å². The molecular formula is C41H36F2N6. The lowest BCUT2D eigenvalue weighted by Gasteiger charge is -2.12. The second kappa shape index (κ2) is 13.6. The summed E-state index contributed by atoms with van der Waals surface area (Å²) in [5.41, 5.74) is 8.56. The average molecular weight is 651 g/mol. The van der Waals surface area contributed by atoms with Crippen LogP contribution in [0, 0.1) is 11.6 Å². The molecule has 0 unspecified atom stereocenters. The Morgan fingerprint density at radius 1 is 0.490 bits per heavy atom. The molecule has 0 bridgehead atoms. The zero-order valence-corrected chi connectivity index (χ0v) is 27.0. The number of hydrogen-bond donors (Lipinski definition) is 2. The van der Waals surface area contributed by atoms with E-state index in [2.05, 4.69) is 80.4 Å². The summed E-state index contributed by atoms with van der Waals surface area (Å²) in [5.74, 6) is -0.462. The third kappa shape index (κ3) is 6.17. The van der Waals surface area contributed by atoms with E-state index in [4.69, 9.17) is 9.97 Å². The van der Waals surface area contributed by atoms with Crippen LogP contribution in [0.25, 0.3) is 43.6 Å². The summed E-state index contributed by atoms with van der Waals surface area (Å²) < 4.78 is 31.9. The van der Waals surface area contributed by atoms with Crippen LogP contribution in [0.4, 0.5) is 8.78 Å². The molecule has 49 heavy (non-hydrogen) atoms. The molecule has 0 fully saturated rings. The number of benzene rings is 4. The van der Waals surface area contributed by atoms with Crippen LogP contribution in [0.2, 0.25) is 0 Å². The molecule has 244 valence electrons. The smallest absolute Gasteiger partial charge is 0.123 e. The van der Waals surface area contributed by atoms with E-state index in [0.29, 0.717) is 26.2 Å². The summed E-state index contributed by atoms with van der Waals surface area (Å²) in [6.45, 7) is 4.20. The summed E-state index contributed by atoms with van der Waals surface area (Å²) in [6.07, 6.45) is 4.71. The fourth-order valence-corrected chi connectivity index (χ4v) is 7.03. The minimum Gasteiger partial charge on any atom is -0.334 e. The Kier molecular flexibility index (Phi) is 8.56. The standard InChI is InChI=1S/C41H36F2N6/c42-30-14-10-28(11-15-30)26-48-38-8-3-1-6-32(38)34-18-22-46-36(40(34)48)24-44-20-5-21-45-25-37-41-35(19-23-47-37)33-7-2-4-9-39(33)49(41)27-29-12-16-31(43)17-13-29/h1-4,6-19,22-23,44-45H,5,20-21,24-27H2. The van der Waals surface area contributed by atoms with Gasteiger partial charge in [0.15, 0.2) is 0 Å². The second-order valence-corrected chi connectivity index (χ2v) is 12.5. The lowest BCUT2D eigenvalue weighted by molar-refractivity contribution is 0.588. The Bertz CT molecular complexity index is 2220. The van der Waals surface area contributed by atoms with Crippen molar-refractivity contribution >= 4 is 43.6 Å². The second-order valence-electron chi connectivity index (χ2n) is 12.5. The molecule has 4 aromatic carbocycles. The molecule has 8 aromatic rings. The molecular weight excluding hydrogens is 614 g/mol. The van der Waals surface area contributed by atoms with Crippen LogP contribution >= 0.6 is 0 Å². The van der Waals surface area contributed by atoms with Gasteiger partial charge in [0.1, 0.15) is 11.6 Å². The van der Waals surface area contributed by atoms with Crippen molar-refractivity contribution in [2.45, 2.75) is 32.6 Å². The van der Waals surface area contributed by atoms with Gasteiger partial charge < -0.3 is 19.8 Å². The molecule has 6 nitrogen and oxygen atoms in total. The summed E-state index contributed by atoms with van der Waals surface area (Å²) in [5, 5.41) is 11.9. The molecule has 0 aliphatic heterocycles. The fraction of sp³-hybridized carbons (Fsp3) is 0.171. The highest BCUT2D eigenvalue weighted by atomic mass is 19.1. The van der Waals surface area contributed by atoms with Gasteiger partial charge in [-0.15, -0.1) is 0 Å². The number of rotatable bonds is 12. The monoisotopic (exact) mass is 650 g/mol. The van der Waals surface area contributed by atoms with Gasteiger partial charge in [-0.3, -0.25) is 9.97 Å².